The van der Waals surface area contributed by atoms with Crippen LogP contribution in [0.2, 0.25) is 0 Å². The van der Waals surface area contributed by atoms with Gasteiger partial charge in [-0.15, -0.1) is 0 Å². The third kappa shape index (κ3) is 1.31. The van der Waals surface area contributed by atoms with Crippen LogP contribution in [0.3, 0.4) is 0 Å². The normalized spacial score (nSPS) is 44.6. The first-order chi connectivity index (χ1) is 6.97. The summed E-state index contributed by atoms with van der Waals surface area (Å²) in [5.41, 5.74) is 6.63. The molecule has 0 aromatic heterocycles. The Labute approximate surface area is 93.2 Å². The number of fused-ring (bicyclic) bond motifs is 2. The Morgan fingerprint density at radius 1 is 1.40 bits per heavy atom. The van der Waals surface area contributed by atoms with Crippen molar-refractivity contribution >= 4 is 0 Å². The third-order valence-electron chi connectivity index (χ3n) is 5.97. The van der Waals surface area contributed by atoms with Crippen LogP contribution in [-0.2, 0) is 0 Å². The average molecular weight is 211 g/mol. The maximum atomic E-state index is 9.42. The fraction of sp³-hybridized carbons (Fsp3) is 1.00. The molecule has 0 unspecified atom stereocenters. The summed E-state index contributed by atoms with van der Waals surface area (Å²) >= 11 is 0. The molecule has 0 saturated heterocycles. The fourth-order valence-electron chi connectivity index (χ4n) is 4.34. The van der Waals surface area contributed by atoms with Crippen molar-refractivity contribution in [3.63, 3.8) is 0 Å². The smallest absolute Gasteiger partial charge is 0.0474 e. The number of aliphatic hydroxyl groups is 1. The van der Waals surface area contributed by atoms with E-state index in [4.69, 9.17) is 5.73 Å². The Morgan fingerprint density at radius 2 is 2.07 bits per heavy atom. The van der Waals surface area contributed by atoms with Crippen molar-refractivity contribution in [3.8, 4) is 0 Å². The lowest BCUT2D eigenvalue weighted by molar-refractivity contribution is 0.0455. The van der Waals surface area contributed by atoms with Crippen molar-refractivity contribution in [2.45, 2.75) is 40.0 Å². The standard InChI is InChI=1S/C13H25NO/c1-12(2)10-4-5-13(12,3)11(6-10)9(7-14)8-15/h9-11,15H,4-8,14H2,1-3H3/t9-,10-,11-,13+/m0/s1. The quantitative estimate of drug-likeness (QED) is 0.750. The first-order valence-electron chi connectivity index (χ1n) is 6.28. The number of nitrogens with two attached hydrogens (primary N) is 1. The monoisotopic (exact) mass is 211 g/mol. The maximum absolute atomic E-state index is 9.42. The summed E-state index contributed by atoms with van der Waals surface area (Å²) < 4.78 is 0. The summed E-state index contributed by atoms with van der Waals surface area (Å²) in [6, 6.07) is 0. The first-order valence-corrected chi connectivity index (χ1v) is 6.28. The lowest BCUT2D eigenvalue weighted by Gasteiger charge is -2.42. The molecular weight excluding hydrogens is 186 g/mol. The molecule has 2 nitrogen and oxygen atoms in total. The molecule has 15 heavy (non-hydrogen) atoms. The van der Waals surface area contributed by atoms with Crippen molar-refractivity contribution in [2.24, 2.45) is 34.3 Å². The molecule has 0 aromatic rings. The third-order valence-corrected chi connectivity index (χ3v) is 5.97. The van der Waals surface area contributed by atoms with Crippen molar-refractivity contribution < 1.29 is 5.11 Å². The average Bonchev–Trinajstić information content (AvgIpc) is 2.52. The topological polar surface area (TPSA) is 46.2 Å². The number of hydrogen-bond acceptors (Lipinski definition) is 2. The summed E-state index contributed by atoms with van der Waals surface area (Å²) in [5.74, 6) is 1.81. The highest BCUT2D eigenvalue weighted by molar-refractivity contribution is 5.11. The predicted molar refractivity (Wildman–Crippen MR) is 62.3 cm³/mol. The second-order valence-electron chi connectivity index (χ2n) is 6.40. The minimum absolute atomic E-state index is 0.263. The van der Waals surface area contributed by atoms with Gasteiger partial charge in [0, 0.05) is 6.61 Å². The number of aliphatic hydroxyl groups excluding tert-OH is 1. The molecule has 0 radical (unpaired) electrons. The van der Waals surface area contributed by atoms with E-state index in [2.05, 4.69) is 20.8 Å². The van der Waals surface area contributed by atoms with E-state index < -0.39 is 0 Å². The van der Waals surface area contributed by atoms with Crippen molar-refractivity contribution in [2.75, 3.05) is 13.2 Å². The molecule has 0 aromatic carbocycles. The SMILES string of the molecule is CC1(C)[C@H]2CC[C@]1(C)[C@H]([C@@H](CN)CO)C2. The predicted octanol–water partition coefficient (Wildman–Crippen LogP) is 2.02. The highest BCUT2D eigenvalue weighted by atomic mass is 16.3. The Morgan fingerprint density at radius 3 is 2.40 bits per heavy atom. The van der Waals surface area contributed by atoms with E-state index in [-0.39, 0.29) is 6.61 Å². The van der Waals surface area contributed by atoms with Gasteiger partial charge in [0.1, 0.15) is 0 Å². The van der Waals surface area contributed by atoms with Crippen LogP contribution in [0.15, 0.2) is 0 Å². The molecule has 88 valence electrons. The van der Waals surface area contributed by atoms with E-state index in [9.17, 15) is 5.11 Å². The zero-order chi connectivity index (χ0) is 11.3. The van der Waals surface area contributed by atoms with E-state index in [1.54, 1.807) is 0 Å². The van der Waals surface area contributed by atoms with E-state index >= 15 is 0 Å². The van der Waals surface area contributed by atoms with Crippen LogP contribution in [0.5, 0.6) is 0 Å². The van der Waals surface area contributed by atoms with E-state index in [0.717, 1.165) is 5.92 Å². The van der Waals surface area contributed by atoms with E-state index in [0.29, 0.717) is 29.2 Å². The molecular formula is C13H25NO. The zero-order valence-electron chi connectivity index (χ0n) is 10.3. The molecule has 0 amide bonds. The van der Waals surface area contributed by atoms with Crippen LogP contribution in [0.1, 0.15) is 40.0 Å². The van der Waals surface area contributed by atoms with Crippen molar-refractivity contribution in [1.82, 2.24) is 0 Å². The van der Waals surface area contributed by atoms with Gasteiger partial charge in [0.05, 0.1) is 0 Å². The molecule has 3 N–H and O–H groups in total. The molecule has 0 aliphatic heterocycles. The first kappa shape index (κ1) is 11.4. The summed E-state index contributed by atoms with van der Waals surface area (Å²) in [7, 11) is 0. The van der Waals surface area contributed by atoms with Crippen LogP contribution in [0.4, 0.5) is 0 Å². The zero-order valence-corrected chi connectivity index (χ0v) is 10.3. The highest BCUT2D eigenvalue weighted by Crippen LogP contribution is 2.69. The highest BCUT2D eigenvalue weighted by Gasteiger charge is 2.62. The minimum Gasteiger partial charge on any atom is -0.396 e. The Balaban J connectivity index is 2.25. The van der Waals surface area contributed by atoms with Crippen LogP contribution in [-0.4, -0.2) is 18.3 Å². The Hall–Kier alpha value is -0.0800. The molecule has 2 saturated carbocycles. The Bertz CT molecular complexity index is 247. The van der Waals surface area contributed by atoms with Crippen LogP contribution < -0.4 is 5.73 Å². The second kappa shape index (κ2) is 3.46. The molecule has 2 heteroatoms. The summed E-state index contributed by atoms with van der Waals surface area (Å²) in [6.07, 6.45) is 3.99. The largest absolute Gasteiger partial charge is 0.396 e. The van der Waals surface area contributed by atoms with Gasteiger partial charge >= 0.3 is 0 Å². The fourth-order valence-corrected chi connectivity index (χ4v) is 4.34. The molecule has 2 fully saturated rings. The summed E-state index contributed by atoms with van der Waals surface area (Å²) in [4.78, 5) is 0. The minimum atomic E-state index is 0.263. The van der Waals surface area contributed by atoms with Gasteiger partial charge in [-0.1, -0.05) is 20.8 Å². The lowest BCUT2D eigenvalue weighted by Crippen LogP contribution is -2.39. The van der Waals surface area contributed by atoms with Crippen LogP contribution >= 0.6 is 0 Å². The van der Waals surface area contributed by atoms with E-state index in [1.807, 2.05) is 0 Å². The van der Waals surface area contributed by atoms with Gasteiger partial charge in [0.25, 0.3) is 0 Å². The van der Waals surface area contributed by atoms with Gasteiger partial charge in [-0.25, -0.2) is 0 Å². The maximum Gasteiger partial charge on any atom is 0.0474 e. The molecule has 2 rings (SSSR count). The number of rotatable bonds is 3. The molecule has 2 bridgehead atoms. The van der Waals surface area contributed by atoms with Gasteiger partial charge in [-0.3, -0.25) is 0 Å². The lowest BCUT2D eigenvalue weighted by atomic mass is 9.63. The van der Waals surface area contributed by atoms with Crippen LogP contribution in [0, 0.1) is 28.6 Å². The van der Waals surface area contributed by atoms with Gasteiger partial charge in [0.15, 0.2) is 0 Å². The number of hydrogen-bond donors (Lipinski definition) is 2. The second-order valence-corrected chi connectivity index (χ2v) is 6.40. The van der Waals surface area contributed by atoms with Crippen molar-refractivity contribution in [3.05, 3.63) is 0 Å². The molecule has 2 aliphatic carbocycles. The van der Waals surface area contributed by atoms with Gasteiger partial charge in [0.2, 0.25) is 0 Å². The Kier molecular flexibility index (Phi) is 2.63. The van der Waals surface area contributed by atoms with Gasteiger partial charge in [-0.2, -0.15) is 0 Å². The molecule has 0 spiro atoms. The molecule has 0 heterocycles. The van der Waals surface area contributed by atoms with E-state index in [1.165, 1.54) is 19.3 Å². The van der Waals surface area contributed by atoms with Crippen LogP contribution in [0.25, 0.3) is 0 Å². The molecule has 4 atom stereocenters. The summed E-state index contributed by atoms with van der Waals surface area (Å²) in [6.45, 7) is 8.15. The van der Waals surface area contributed by atoms with Crippen molar-refractivity contribution in [1.29, 1.82) is 0 Å². The molecule has 2 aliphatic rings. The van der Waals surface area contributed by atoms with Gasteiger partial charge in [-0.05, 0) is 54.4 Å². The van der Waals surface area contributed by atoms with Gasteiger partial charge < -0.3 is 10.8 Å². The summed E-state index contributed by atoms with van der Waals surface area (Å²) in [5, 5.41) is 9.42.